The van der Waals surface area contributed by atoms with Gasteiger partial charge in [0.15, 0.2) is 0 Å². The van der Waals surface area contributed by atoms with Crippen LogP contribution in [0.1, 0.15) is 32.1 Å². The van der Waals surface area contributed by atoms with Crippen molar-refractivity contribution in [1.82, 2.24) is 9.97 Å². The molecule has 0 saturated heterocycles. The molecule has 0 bridgehead atoms. The van der Waals surface area contributed by atoms with E-state index in [0.29, 0.717) is 5.41 Å². The van der Waals surface area contributed by atoms with Crippen molar-refractivity contribution in [2.45, 2.75) is 36.3 Å². The van der Waals surface area contributed by atoms with Gasteiger partial charge in [-0.25, -0.2) is 0 Å². The van der Waals surface area contributed by atoms with E-state index < -0.39 is 18.0 Å². The SMILES string of the molecule is CI(=CCl)(C1=CCC2(CC1)CC2)C1N(c2ccccc2)c2nccnc2N1c1ccccc1. The average molecular weight is 571 g/mol. The topological polar surface area (TPSA) is 32.3 Å². The average Bonchev–Trinajstić information content (AvgIpc) is 3.54. The normalized spacial score (nSPS) is 21.8. The molecule has 1 aliphatic heterocycles. The summed E-state index contributed by atoms with van der Waals surface area (Å²) in [6.45, 7) is 0. The number of halogens is 2. The van der Waals surface area contributed by atoms with Crippen molar-refractivity contribution < 1.29 is 0 Å². The van der Waals surface area contributed by atoms with Gasteiger partial charge in [0.1, 0.15) is 0 Å². The maximum absolute atomic E-state index is 6.88. The molecule has 4 nitrogen and oxygen atoms in total. The van der Waals surface area contributed by atoms with Gasteiger partial charge in [0.25, 0.3) is 0 Å². The molecule has 1 atom stereocenters. The van der Waals surface area contributed by atoms with E-state index in [1.54, 1.807) is 16.0 Å². The van der Waals surface area contributed by atoms with Crippen LogP contribution < -0.4 is 9.80 Å². The van der Waals surface area contributed by atoms with Gasteiger partial charge in [-0.15, -0.1) is 0 Å². The van der Waals surface area contributed by atoms with Crippen LogP contribution in [0.5, 0.6) is 0 Å². The van der Waals surface area contributed by atoms with E-state index in [2.05, 4.69) is 84.9 Å². The van der Waals surface area contributed by atoms with Crippen LogP contribution in [0.3, 0.4) is 0 Å². The molecule has 3 aliphatic rings. The van der Waals surface area contributed by atoms with Crippen LogP contribution in [0.25, 0.3) is 0 Å². The summed E-state index contributed by atoms with van der Waals surface area (Å²) in [5, 5.41) is 0. The molecule has 2 heterocycles. The molecule has 1 unspecified atom stereocenters. The van der Waals surface area contributed by atoms with Crippen LogP contribution in [-0.2, 0) is 0 Å². The second-order valence-corrected chi connectivity index (χ2v) is 18.9. The van der Waals surface area contributed by atoms with Crippen molar-refractivity contribution in [3.8, 4) is 0 Å². The molecular weight excluding hydrogens is 543 g/mol. The Labute approximate surface area is 204 Å². The molecule has 170 valence electrons. The number of anilines is 4. The number of fused-ring (bicyclic) bond motifs is 1. The van der Waals surface area contributed by atoms with Crippen molar-refractivity contribution in [3.63, 3.8) is 0 Å². The van der Waals surface area contributed by atoms with Gasteiger partial charge in [-0.1, -0.05) is 0 Å². The van der Waals surface area contributed by atoms with E-state index in [0.717, 1.165) is 29.4 Å². The van der Waals surface area contributed by atoms with Crippen LogP contribution in [0.2, 0.25) is 0 Å². The van der Waals surface area contributed by atoms with E-state index in [1.807, 2.05) is 0 Å². The van der Waals surface area contributed by atoms with Gasteiger partial charge in [-0.2, -0.15) is 0 Å². The predicted octanol–water partition coefficient (Wildman–Crippen LogP) is 7.57. The monoisotopic (exact) mass is 570 g/mol. The molecule has 6 rings (SSSR count). The number of hydrogen-bond acceptors (Lipinski definition) is 4. The Hall–Kier alpha value is -2.25. The summed E-state index contributed by atoms with van der Waals surface area (Å²) in [5.41, 5.74) is 2.86. The molecule has 1 saturated carbocycles. The van der Waals surface area contributed by atoms with Crippen LogP contribution in [0, 0.1) is 5.41 Å². The number of benzene rings is 2. The molecule has 1 spiro atoms. The Morgan fingerprint density at radius 2 is 1.42 bits per heavy atom. The Kier molecular flexibility index (Phi) is 5.29. The molecule has 1 fully saturated rings. The first-order valence-electron chi connectivity index (χ1n) is 11.5. The summed E-state index contributed by atoms with van der Waals surface area (Å²) >= 11 is 3.97. The van der Waals surface area contributed by atoms with Crippen molar-refractivity contribution >= 4 is 56.0 Å². The third-order valence-corrected chi connectivity index (χ3v) is 18.0. The standard InChI is InChI=1S/C27H28ClIN4/c1-29(20-28,21-12-14-27(15-13-21)16-17-27)26-32(22-8-4-2-5-9-22)24-25(31-19-18-30-24)33(26)23-10-6-3-7-11-23/h2-12,18-20,26H,13-17H2,1H3. The van der Waals surface area contributed by atoms with E-state index in [1.165, 1.54) is 25.7 Å². The zero-order chi connectivity index (χ0) is 22.5. The minimum absolute atomic E-state index is 0.0519. The van der Waals surface area contributed by atoms with E-state index in [-0.39, 0.29) is 4.17 Å². The molecule has 33 heavy (non-hydrogen) atoms. The van der Waals surface area contributed by atoms with Gasteiger partial charge in [-0.3, -0.25) is 0 Å². The third-order valence-electron chi connectivity index (χ3n) is 7.32. The fraction of sp³-hybridized carbons (Fsp3) is 0.296. The zero-order valence-electron chi connectivity index (χ0n) is 18.7. The van der Waals surface area contributed by atoms with Crippen molar-refractivity contribution in [1.29, 1.82) is 0 Å². The van der Waals surface area contributed by atoms with Gasteiger partial charge in [-0.05, 0) is 0 Å². The Balaban J connectivity index is 1.57. The van der Waals surface area contributed by atoms with Gasteiger partial charge < -0.3 is 0 Å². The number of para-hydroxylation sites is 2. The first-order chi connectivity index (χ1) is 16.2. The molecule has 2 aliphatic carbocycles. The van der Waals surface area contributed by atoms with Crippen molar-refractivity contribution in [2.75, 3.05) is 14.7 Å². The van der Waals surface area contributed by atoms with Crippen LogP contribution in [-0.4, -0.2) is 22.5 Å². The quantitative estimate of drug-likeness (QED) is 0.184. The minimum atomic E-state index is -2.91. The first kappa shape index (κ1) is 21.3. The van der Waals surface area contributed by atoms with E-state index in [4.69, 9.17) is 21.6 Å². The number of aromatic nitrogens is 2. The Morgan fingerprint density at radius 3 is 1.85 bits per heavy atom. The van der Waals surface area contributed by atoms with E-state index in [9.17, 15) is 0 Å². The number of hydrogen-bond donors (Lipinski definition) is 0. The van der Waals surface area contributed by atoms with Gasteiger partial charge in [0, 0.05) is 0 Å². The molecule has 0 radical (unpaired) electrons. The fourth-order valence-electron chi connectivity index (χ4n) is 5.19. The predicted molar refractivity (Wildman–Crippen MR) is 148 cm³/mol. The first-order valence-corrected chi connectivity index (χ1v) is 17.6. The summed E-state index contributed by atoms with van der Waals surface area (Å²) in [6.07, 6.45) is 12.6. The van der Waals surface area contributed by atoms with Crippen LogP contribution >= 0.6 is 29.6 Å². The van der Waals surface area contributed by atoms with Crippen LogP contribution in [0.15, 0.2) is 82.7 Å². The number of rotatable bonds is 4. The summed E-state index contributed by atoms with van der Waals surface area (Å²) < 4.78 is 3.70. The number of allylic oxidation sites excluding steroid dienone is 2. The summed E-state index contributed by atoms with van der Waals surface area (Å²) in [6, 6.07) is 21.2. The Bertz CT molecular complexity index is 1190. The molecule has 3 aromatic rings. The third kappa shape index (κ3) is 3.51. The van der Waals surface area contributed by atoms with Gasteiger partial charge in [0.05, 0.1) is 0 Å². The molecule has 6 heteroatoms. The summed E-state index contributed by atoms with van der Waals surface area (Å²) in [5.74, 6) is 1.81. The second-order valence-electron chi connectivity index (χ2n) is 9.33. The molecule has 0 N–H and O–H groups in total. The van der Waals surface area contributed by atoms with Gasteiger partial charge >= 0.3 is 205 Å². The van der Waals surface area contributed by atoms with E-state index >= 15 is 0 Å². The number of alkyl halides is 2. The Morgan fingerprint density at radius 1 is 0.879 bits per heavy atom. The summed E-state index contributed by atoms with van der Waals surface area (Å²) in [4.78, 5) is 16.9. The van der Waals surface area contributed by atoms with Gasteiger partial charge in [0.2, 0.25) is 0 Å². The maximum atomic E-state index is 6.88. The molecular formula is C27H28ClIN4. The second kappa shape index (κ2) is 8.20. The number of nitrogens with zero attached hydrogens (tertiary/aromatic N) is 4. The summed E-state index contributed by atoms with van der Waals surface area (Å²) in [7, 11) is 0. The fourth-order valence-corrected chi connectivity index (χ4v) is 13.8. The van der Waals surface area contributed by atoms with Crippen molar-refractivity contribution in [3.05, 3.63) is 82.7 Å². The molecule has 1 aromatic heterocycles. The zero-order valence-corrected chi connectivity index (χ0v) is 21.7. The molecule has 0 amide bonds. The van der Waals surface area contributed by atoms with Crippen LogP contribution in [0.4, 0.5) is 23.0 Å². The van der Waals surface area contributed by atoms with Crippen molar-refractivity contribution in [2.24, 2.45) is 5.41 Å². The molecule has 2 aromatic carbocycles.